The summed E-state index contributed by atoms with van der Waals surface area (Å²) in [5.41, 5.74) is 2.29. The monoisotopic (exact) mass is 389 g/mol. The van der Waals surface area contributed by atoms with Gasteiger partial charge in [-0.3, -0.25) is 14.6 Å². The number of benzene rings is 2. The number of nitrogens with zero attached hydrogens (tertiary/aromatic N) is 3. The van der Waals surface area contributed by atoms with Gasteiger partial charge in [0.2, 0.25) is 11.8 Å². The van der Waals surface area contributed by atoms with Gasteiger partial charge in [-0.1, -0.05) is 42.5 Å². The average Bonchev–Trinajstić information content (AvgIpc) is 3.22. The molecule has 29 heavy (non-hydrogen) atoms. The van der Waals surface area contributed by atoms with Gasteiger partial charge in [0.25, 0.3) is 0 Å². The van der Waals surface area contributed by atoms with Crippen molar-refractivity contribution < 1.29 is 19.1 Å². The molecule has 0 radical (unpaired) electrons. The molecule has 3 aliphatic rings. The Kier molecular flexibility index (Phi) is 3.97. The molecule has 0 aromatic heterocycles. The predicted octanol–water partition coefficient (Wildman–Crippen LogP) is 2.13. The summed E-state index contributed by atoms with van der Waals surface area (Å²) in [5, 5.41) is 6.04. The van der Waals surface area contributed by atoms with Crippen LogP contribution < -0.4 is 4.90 Å². The van der Waals surface area contributed by atoms with Crippen LogP contribution in [0.5, 0.6) is 0 Å². The Bertz CT molecular complexity index is 1040. The van der Waals surface area contributed by atoms with E-state index in [1.165, 1.54) is 4.90 Å². The molecular formula is C22H19N3O4. The minimum Gasteiger partial charge on any atom is -0.464 e. The van der Waals surface area contributed by atoms with Crippen LogP contribution in [0.1, 0.15) is 24.1 Å². The lowest BCUT2D eigenvalue weighted by atomic mass is 9.85. The Balaban J connectivity index is 1.65. The number of rotatable bonds is 3. The van der Waals surface area contributed by atoms with E-state index in [0.29, 0.717) is 5.69 Å². The topological polar surface area (TPSA) is 79.3 Å². The first-order valence-corrected chi connectivity index (χ1v) is 9.64. The summed E-state index contributed by atoms with van der Waals surface area (Å²) in [6.07, 6.45) is 1.67. The predicted molar refractivity (Wildman–Crippen MR) is 105 cm³/mol. The second-order valence-electron chi connectivity index (χ2n) is 7.29. The van der Waals surface area contributed by atoms with E-state index in [1.807, 2.05) is 30.3 Å². The molecule has 3 heterocycles. The van der Waals surface area contributed by atoms with E-state index in [1.54, 1.807) is 42.4 Å². The number of ether oxygens (including phenoxy) is 1. The van der Waals surface area contributed by atoms with Crippen LogP contribution in [0, 0.1) is 11.8 Å². The number of esters is 1. The van der Waals surface area contributed by atoms with Gasteiger partial charge in [0.1, 0.15) is 0 Å². The Morgan fingerprint density at radius 2 is 1.69 bits per heavy atom. The summed E-state index contributed by atoms with van der Waals surface area (Å²) in [7, 11) is 0. The van der Waals surface area contributed by atoms with E-state index in [-0.39, 0.29) is 18.4 Å². The van der Waals surface area contributed by atoms with E-state index in [0.717, 1.165) is 11.1 Å². The molecule has 0 bridgehead atoms. The van der Waals surface area contributed by atoms with Gasteiger partial charge < -0.3 is 4.74 Å². The number of carbonyl (C=O) groups is 3. The first-order chi connectivity index (χ1) is 14.1. The summed E-state index contributed by atoms with van der Waals surface area (Å²) in [6, 6.07) is 15.0. The Hall–Kier alpha value is -3.48. The smallest absolute Gasteiger partial charge is 0.331 e. The maximum absolute atomic E-state index is 13.5. The third-order valence-corrected chi connectivity index (χ3v) is 5.84. The van der Waals surface area contributed by atoms with Crippen LogP contribution >= 0.6 is 0 Å². The van der Waals surface area contributed by atoms with Crippen molar-refractivity contribution in [3.63, 3.8) is 0 Å². The highest BCUT2D eigenvalue weighted by atomic mass is 16.5. The molecule has 0 saturated carbocycles. The lowest BCUT2D eigenvalue weighted by molar-refractivity contribution is -0.152. The highest BCUT2D eigenvalue weighted by Crippen LogP contribution is 2.52. The average molecular weight is 389 g/mol. The number of fused-ring (bicyclic) bond motifs is 5. The van der Waals surface area contributed by atoms with E-state index in [2.05, 4.69) is 5.10 Å². The number of hydrogen-bond acceptors (Lipinski definition) is 6. The SMILES string of the molecule is CCOC(=O)C1C2C(=O)N(c3ccccc3)C(=O)C2C2c3ccccc3C=NN12. The lowest BCUT2D eigenvalue weighted by Gasteiger charge is -2.33. The van der Waals surface area contributed by atoms with Gasteiger partial charge in [-0.25, -0.2) is 9.69 Å². The number of carbonyl (C=O) groups excluding carboxylic acids is 3. The molecule has 0 N–H and O–H groups in total. The van der Waals surface area contributed by atoms with Crippen molar-refractivity contribution in [2.24, 2.45) is 16.9 Å². The van der Waals surface area contributed by atoms with Crippen LogP contribution in [0.15, 0.2) is 59.7 Å². The third-order valence-electron chi connectivity index (χ3n) is 5.84. The van der Waals surface area contributed by atoms with Gasteiger partial charge in [0.15, 0.2) is 6.04 Å². The molecule has 7 heteroatoms. The molecular weight excluding hydrogens is 370 g/mol. The van der Waals surface area contributed by atoms with Gasteiger partial charge in [-0.05, 0) is 30.2 Å². The maximum atomic E-state index is 13.5. The van der Waals surface area contributed by atoms with Crippen LogP contribution in [-0.2, 0) is 19.1 Å². The highest BCUT2D eigenvalue weighted by molar-refractivity contribution is 6.23. The lowest BCUT2D eigenvalue weighted by Crippen LogP contribution is -2.45. The zero-order valence-electron chi connectivity index (χ0n) is 15.8. The molecule has 7 nitrogen and oxygen atoms in total. The summed E-state index contributed by atoms with van der Waals surface area (Å²) in [5.74, 6) is -2.75. The zero-order valence-corrected chi connectivity index (χ0v) is 15.8. The molecule has 2 amide bonds. The first kappa shape index (κ1) is 17.6. The Morgan fingerprint density at radius 3 is 2.45 bits per heavy atom. The van der Waals surface area contributed by atoms with Gasteiger partial charge >= 0.3 is 5.97 Å². The van der Waals surface area contributed by atoms with E-state index in [9.17, 15) is 14.4 Å². The highest BCUT2D eigenvalue weighted by Gasteiger charge is 2.66. The molecule has 146 valence electrons. The van der Waals surface area contributed by atoms with E-state index < -0.39 is 29.9 Å². The molecule has 0 spiro atoms. The van der Waals surface area contributed by atoms with Gasteiger partial charge in [0, 0.05) is 0 Å². The second-order valence-corrected chi connectivity index (χ2v) is 7.29. The Labute approximate surface area is 167 Å². The zero-order chi connectivity index (χ0) is 20.1. The van der Waals surface area contributed by atoms with Gasteiger partial charge in [0.05, 0.1) is 36.4 Å². The molecule has 4 atom stereocenters. The summed E-state index contributed by atoms with van der Waals surface area (Å²) < 4.78 is 5.26. The van der Waals surface area contributed by atoms with Crippen LogP contribution in [-0.4, -0.2) is 41.7 Å². The standard InChI is InChI=1S/C22H19N3O4/c1-2-29-22(28)19-17-16(18-15-11-7-6-8-13(15)12-23-25(18)19)20(26)24(21(17)27)14-9-4-3-5-10-14/h3-12,16-19H,2H2,1H3. The van der Waals surface area contributed by atoms with Gasteiger partial charge in [-0.2, -0.15) is 5.10 Å². The van der Waals surface area contributed by atoms with Crippen molar-refractivity contribution in [3.05, 3.63) is 65.7 Å². The van der Waals surface area contributed by atoms with Crippen molar-refractivity contribution in [2.75, 3.05) is 11.5 Å². The largest absolute Gasteiger partial charge is 0.464 e. The molecule has 5 rings (SSSR count). The van der Waals surface area contributed by atoms with Crippen LogP contribution in [0.4, 0.5) is 5.69 Å². The minimum atomic E-state index is -0.931. The number of hydrogen-bond donors (Lipinski definition) is 0. The maximum Gasteiger partial charge on any atom is 0.331 e. The van der Waals surface area contributed by atoms with Crippen LogP contribution in [0.25, 0.3) is 0 Å². The number of hydrazone groups is 1. The van der Waals surface area contributed by atoms with Crippen molar-refractivity contribution in [1.82, 2.24) is 5.01 Å². The van der Waals surface area contributed by atoms with E-state index >= 15 is 0 Å². The third kappa shape index (κ3) is 2.43. The number of amides is 2. The first-order valence-electron chi connectivity index (χ1n) is 9.64. The quantitative estimate of drug-likeness (QED) is 0.594. The molecule has 2 fully saturated rings. The fraction of sp³-hybridized carbons (Fsp3) is 0.273. The van der Waals surface area contributed by atoms with Crippen LogP contribution in [0.2, 0.25) is 0 Å². The molecule has 2 aromatic rings. The summed E-state index contributed by atoms with van der Waals surface area (Å²) in [6.45, 7) is 1.91. The number of anilines is 1. The fourth-order valence-electron chi connectivity index (χ4n) is 4.70. The molecule has 3 aliphatic heterocycles. The summed E-state index contributed by atoms with van der Waals surface area (Å²) >= 11 is 0. The summed E-state index contributed by atoms with van der Waals surface area (Å²) in [4.78, 5) is 40.9. The molecule has 0 aliphatic carbocycles. The number of imide groups is 1. The molecule has 2 aromatic carbocycles. The Morgan fingerprint density at radius 1 is 1.00 bits per heavy atom. The van der Waals surface area contributed by atoms with E-state index in [4.69, 9.17) is 4.74 Å². The minimum absolute atomic E-state index is 0.191. The van der Waals surface area contributed by atoms with Crippen LogP contribution in [0.3, 0.4) is 0 Å². The van der Waals surface area contributed by atoms with Crippen molar-refractivity contribution >= 4 is 29.7 Å². The van der Waals surface area contributed by atoms with Crippen molar-refractivity contribution in [3.8, 4) is 0 Å². The van der Waals surface area contributed by atoms with Gasteiger partial charge in [-0.15, -0.1) is 0 Å². The molecule has 2 saturated heterocycles. The van der Waals surface area contributed by atoms with Crippen molar-refractivity contribution in [1.29, 1.82) is 0 Å². The van der Waals surface area contributed by atoms with Crippen molar-refractivity contribution in [2.45, 2.75) is 19.0 Å². The normalized spacial score (nSPS) is 26.9. The second kappa shape index (κ2) is 6.55. The number of para-hydroxylation sites is 1. The molecule has 4 unspecified atom stereocenters. The fourth-order valence-corrected chi connectivity index (χ4v) is 4.70.